The first-order valence-corrected chi connectivity index (χ1v) is 7.65. The van der Waals surface area contributed by atoms with Crippen molar-refractivity contribution in [3.8, 4) is 0 Å². The summed E-state index contributed by atoms with van der Waals surface area (Å²) in [7, 11) is 1.93. The zero-order valence-electron chi connectivity index (χ0n) is 13.8. The molecule has 0 bridgehead atoms. The molecule has 2 N–H and O–H groups in total. The van der Waals surface area contributed by atoms with E-state index >= 15 is 0 Å². The van der Waals surface area contributed by atoms with Crippen LogP contribution in [0.3, 0.4) is 0 Å². The molecule has 0 spiro atoms. The van der Waals surface area contributed by atoms with Gasteiger partial charge in [-0.15, -0.1) is 0 Å². The Hall–Kier alpha value is -1.63. The maximum absolute atomic E-state index is 9.41. The Labute approximate surface area is 127 Å². The zero-order valence-corrected chi connectivity index (χ0v) is 13.8. The van der Waals surface area contributed by atoms with E-state index in [9.17, 15) is 5.11 Å². The van der Waals surface area contributed by atoms with Gasteiger partial charge in [-0.05, 0) is 34.1 Å². The highest BCUT2D eigenvalue weighted by Gasteiger charge is 2.14. The summed E-state index contributed by atoms with van der Waals surface area (Å²) in [5.74, 6) is 1.90. The number of hydrogen-bond acceptors (Lipinski definition) is 7. The van der Waals surface area contributed by atoms with Crippen molar-refractivity contribution in [1.82, 2.24) is 15.0 Å². The molecule has 1 unspecified atom stereocenters. The minimum absolute atomic E-state index is 0.329. The Kier molecular flexibility index (Phi) is 7.14. The third-order valence-corrected chi connectivity index (χ3v) is 3.22. The van der Waals surface area contributed by atoms with E-state index in [0.29, 0.717) is 30.8 Å². The van der Waals surface area contributed by atoms with E-state index < -0.39 is 0 Å². The van der Waals surface area contributed by atoms with Crippen molar-refractivity contribution in [3.05, 3.63) is 0 Å². The number of aliphatic hydroxyl groups excluding tert-OH is 1. The highest BCUT2D eigenvalue weighted by atomic mass is 16.3. The van der Waals surface area contributed by atoms with Crippen LogP contribution in [0.25, 0.3) is 0 Å². The van der Waals surface area contributed by atoms with Crippen LogP contribution >= 0.6 is 0 Å². The molecule has 0 aliphatic rings. The van der Waals surface area contributed by atoms with Crippen molar-refractivity contribution >= 4 is 17.8 Å². The Bertz CT molecular complexity index is 422. The van der Waals surface area contributed by atoms with Crippen LogP contribution in [0.2, 0.25) is 0 Å². The van der Waals surface area contributed by atoms with Crippen molar-refractivity contribution in [2.24, 2.45) is 0 Å². The second kappa shape index (κ2) is 8.61. The molecule has 0 aliphatic heterocycles. The van der Waals surface area contributed by atoms with Crippen molar-refractivity contribution in [2.75, 3.05) is 48.3 Å². The van der Waals surface area contributed by atoms with E-state index in [-0.39, 0.29) is 6.10 Å². The van der Waals surface area contributed by atoms with E-state index in [1.807, 2.05) is 18.9 Å². The average Bonchev–Trinajstić information content (AvgIpc) is 2.46. The molecular weight excluding hydrogens is 268 g/mol. The summed E-state index contributed by atoms with van der Waals surface area (Å²) in [4.78, 5) is 17.5. The lowest BCUT2D eigenvalue weighted by Gasteiger charge is -2.23. The molecule has 21 heavy (non-hydrogen) atoms. The number of aliphatic hydroxyl groups is 1. The molecule has 0 amide bonds. The maximum atomic E-state index is 9.41. The monoisotopic (exact) mass is 296 g/mol. The second-order valence-electron chi connectivity index (χ2n) is 5.02. The largest absolute Gasteiger partial charge is 0.393 e. The number of anilines is 3. The molecule has 1 aromatic rings. The maximum Gasteiger partial charge on any atom is 0.231 e. The summed E-state index contributed by atoms with van der Waals surface area (Å²) < 4.78 is 0. The van der Waals surface area contributed by atoms with E-state index in [1.165, 1.54) is 0 Å². The van der Waals surface area contributed by atoms with Gasteiger partial charge in [0, 0.05) is 33.2 Å². The lowest BCUT2D eigenvalue weighted by atomic mass is 10.3. The first kappa shape index (κ1) is 17.4. The van der Waals surface area contributed by atoms with Gasteiger partial charge >= 0.3 is 0 Å². The highest BCUT2D eigenvalue weighted by molar-refractivity contribution is 5.44. The van der Waals surface area contributed by atoms with Crippen molar-refractivity contribution in [3.63, 3.8) is 0 Å². The topological polar surface area (TPSA) is 77.4 Å². The predicted octanol–water partition coefficient (Wildman–Crippen LogP) is 1.36. The summed E-state index contributed by atoms with van der Waals surface area (Å²) in [5.41, 5.74) is 0. The molecule has 0 radical (unpaired) electrons. The summed E-state index contributed by atoms with van der Waals surface area (Å²) in [6.45, 7) is 11.1. The zero-order chi connectivity index (χ0) is 15.8. The minimum Gasteiger partial charge on any atom is -0.393 e. The van der Waals surface area contributed by atoms with Crippen LogP contribution in [0, 0.1) is 0 Å². The number of aromatic nitrogens is 3. The summed E-state index contributed by atoms with van der Waals surface area (Å²) >= 11 is 0. The molecule has 7 nitrogen and oxygen atoms in total. The van der Waals surface area contributed by atoms with Gasteiger partial charge in [-0.2, -0.15) is 15.0 Å². The lowest BCUT2D eigenvalue weighted by molar-refractivity contribution is 0.186. The Morgan fingerprint density at radius 3 is 2.24 bits per heavy atom. The molecule has 1 aromatic heterocycles. The van der Waals surface area contributed by atoms with Crippen LogP contribution in [-0.2, 0) is 0 Å². The Balaban J connectivity index is 3.00. The highest BCUT2D eigenvalue weighted by Crippen LogP contribution is 2.16. The van der Waals surface area contributed by atoms with Gasteiger partial charge in [0.05, 0.1) is 6.10 Å². The fourth-order valence-electron chi connectivity index (χ4n) is 1.89. The predicted molar refractivity (Wildman–Crippen MR) is 87.1 cm³/mol. The first-order valence-electron chi connectivity index (χ1n) is 7.65. The van der Waals surface area contributed by atoms with Crippen molar-refractivity contribution in [2.45, 2.75) is 40.2 Å². The van der Waals surface area contributed by atoms with E-state index in [1.54, 1.807) is 6.92 Å². The Morgan fingerprint density at radius 1 is 1.10 bits per heavy atom. The fraction of sp³-hybridized carbons (Fsp3) is 0.786. The standard InChI is InChI=1S/C14H28N6O/c1-6-15-12-16-13(19(5)10-9-11(4)21)18-14(17-12)20(7-2)8-3/h11,21H,6-10H2,1-5H3,(H,15,16,17,18). The van der Waals surface area contributed by atoms with E-state index in [0.717, 1.165) is 19.6 Å². The van der Waals surface area contributed by atoms with Crippen molar-refractivity contribution in [1.29, 1.82) is 0 Å². The van der Waals surface area contributed by atoms with Gasteiger partial charge in [0.15, 0.2) is 0 Å². The SMILES string of the molecule is CCNc1nc(N(C)CCC(C)O)nc(N(CC)CC)n1. The van der Waals surface area contributed by atoms with Gasteiger partial charge in [-0.25, -0.2) is 0 Å². The molecule has 1 atom stereocenters. The normalized spacial score (nSPS) is 12.1. The third kappa shape index (κ3) is 5.34. The number of nitrogens with zero attached hydrogens (tertiary/aromatic N) is 5. The summed E-state index contributed by atoms with van der Waals surface area (Å²) in [6, 6.07) is 0. The van der Waals surface area contributed by atoms with Crippen LogP contribution in [-0.4, -0.2) is 59.4 Å². The molecule has 0 saturated carbocycles. The van der Waals surface area contributed by atoms with Crippen molar-refractivity contribution < 1.29 is 5.11 Å². The van der Waals surface area contributed by atoms with Gasteiger partial charge in [-0.3, -0.25) is 0 Å². The van der Waals surface area contributed by atoms with Crippen LogP contribution < -0.4 is 15.1 Å². The Morgan fingerprint density at radius 2 is 1.71 bits per heavy atom. The quantitative estimate of drug-likeness (QED) is 0.712. The third-order valence-electron chi connectivity index (χ3n) is 3.22. The van der Waals surface area contributed by atoms with Gasteiger partial charge in [0.25, 0.3) is 0 Å². The molecule has 1 heterocycles. The molecule has 0 saturated heterocycles. The fourth-order valence-corrected chi connectivity index (χ4v) is 1.89. The molecule has 0 fully saturated rings. The number of hydrogen-bond donors (Lipinski definition) is 2. The molecule has 1 rings (SSSR count). The van der Waals surface area contributed by atoms with Crippen LogP contribution in [0.15, 0.2) is 0 Å². The second-order valence-corrected chi connectivity index (χ2v) is 5.02. The van der Waals surface area contributed by atoms with Gasteiger partial charge in [-0.1, -0.05) is 0 Å². The smallest absolute Gasteiger partial charge is 0.231 e. The lowest BCUT2D eigenvalue weighted by Crippen LogP contribution is -2.28. The molecule has 0 aromatic carbocycles. The van der Waals surface area contributed by atoms with Crippen LogP contribution in [0.5, 0.6) is 0 Å². The minimum atomic E-state index is -0.329. The van der Waals surface area contributed by atoms with Crippen LogP contribution in [0.4, 0.5) is 17.8 Å². The van der Waals surface area contributed by atoms with Gasteiger partial charge in [0.1, 0.15) is 0 Å². The molecule has 7 heteroatoms. The van der Waals surface area contributed by atoms with E-state index in [2.05, 4.69) is 39.0 Å². The molecular formula is C14H28N6O. The number of nitrogens with one attached hydrogen (secondary N) is 1. The number of rotatable bonds is 9. The molecule has 0 aliphatic carbocycles. The molecule has 120 valence electrons. The first-order chi connectivity index (χ1) is 10.0. The summed E-state index contributed by atoms with van der Waals surface area (Å²) in [6.07, 6.45) is 0.351. The van der Waals surface area contributed by atoms with Gasteiger partial charge in [0.2, 0.25) is 17.8 Å². The van der Waals surface area contributed by atoms with E-state index in [4.69, 9.17) is 0 Å². The summed E-state index contributed by atoms with van der Waals surface area (Å²) in [5, 5.41) is 12.6. The van der Waals surface area contributed by atoms with Gasteiger partial charge < -0.3 is 20.2 Å². The average molecular weight is 296 g/mol. The van der Waals surface area contributed by atoms with Crippen LogP contribution in [0.1, 0.15) is 34.1 Å².